The molecule has 1 nitrogen and oxygen atoms in total. The van der Waals surface area contributed by atoms with Gasteiger partial charge in [0.2, 0.25) is 0 Å². The second-order valence-electron chi connectivity index (χ2n) is 4.33. The molecule has 0 aliphatic carbocycles. The van der Waals surface area contributed by atoms with Gasteiger partial charge in [0.25, 0.3) is 0 Å². The molecule has 0 N–H and O–H groups in total. The van der Waals surface area contributed by atoms with Crippen LogP contribution in [0.15, 0.2) is 0 Å². The second kappa shape index (κ2) is 4.58. The van der Waals surface area contributed by atoms with Crippen molar-refractivity contribution in [3.63, 3.8) is 0 Å². The van der Waals surface area contributed by atoms with E-state index in [1.807, 2.05) is 0 Å². The Bertz CT molecular complexity index is 74.4. The normalized spacial score (nSPS) is 12.6. The van der Waals surface area contributed by atoms with Crippen LogP contribution in [0.1, 0.15) is 41.5 Å². The molecule has 0 saturated heterocycles. The Labute approximate surface area is 107 Å². The van der Waals surface area contributed by atoms with E-state index < -0.39 is 0 Å². The molecule has 0 aliphatic rings. The molecule has 0 rings (SSSR count). The molecule has 1 radical (unpaired) electrons. The van der Waals surface area contributed by atoms with Gasteiger partial charge >= 0.3 is 0 Å². The molecule has 0 bridgehead atoms. The predicted molar refractivity (Wildman–Crippen MR) is 46.3 cm³/mol. The summed E-state index contributed by atoms with van der Waals surface area (Å²) in [5.74, 6) is 0. The van der Waals surface area contributed by atoms with E-state index in [1.54, 1.807) is 0 Å². The van der Waals surface area contributed by atoms with Crippen LogP contribution in [0.3, 0.4) is 0 Å². The maximum absolute atomic E-state index is 5.62. The standard InChI is InChI=1S/C8H18O.K/c1-7(2,3)9-8(4,5)6;/h1-6H3;. The summed E-state index contributed by atoms with van der Waals surface area (Å²) in [7, 11) is 0. The molecule has 0 aromatic rings. The molecule has 10 heavy (non-hydrogen) atoms. The first-order valence-corrected chi connectivity index (χ1v) is 3.41. The SMILES string of the molecule is CC(C)(C)OC(C)(C)C.[K]. The first-order valence-electron chi connectivity index (χ1n) is 3.41. The van der Waals surface area contributed by atoms with Gasteiger partial charge in [-0.1, -0.05) is 0 Å². The fourth-order valence-electron chi connectivity index (χ4n) is 0.919. The third kappa shape index (κ3) is 12.3. The van der Waals surface area contributed by atoms with Crippen LogP contribution in [0.2, 0.25) is 0 Å². The van der Waals surface area contributed by atoms with Crippen molar-refractivity contribution in [2.45, 2.75) is 52.7 Å². The predicted octanol–water partition coefficient (Wildman–Crippen LogP) is 2.22. The monoisotopic (exact) mass is 169 g/mol. The quantitative estimate of drug-likeness (QED) is 0.505. The molecule has 0 amide bonds. The van der Waals surface area contributed by atoms with Crippen LogP contribution >= 0.6 is 0 Å². The van der Waals surface area contributed by atoms with E-state index in [2.05, 4.69) is 41.5 Å². The third-order valence-electron chi connectivity index (χ3n) is 0.612. The van der Waals surface area contributed by atoms with Crippen molar-refractivity contribution in [1.29, 1.82) is 0 Å². The summed E-state index contributed by atoms with van der Waals surface area (Å²) in [5.41, 5.74) is -0.0312. The molecule has 0 atom stereocenters. The van der Waals surface area contributed by atoms with Crippen LogP contribution in [0, 0.1) is 0 Å². The van der Waals surface area contributed by atoms with Crippen molar-refractivity contribution in [1.82, 2.24) is 0 Å². The fourth-order valence-corrected chi connectivity index (χ4v) is 0.919. The number of ether oxygens (including phenoxy) is 1. The van der Waals surface area contributed by atoms with Crippen LogP contribution in [0.25, 0.3) is 0 Å². The van der Waals surface area contributed by atoms with Crippen molar-refractivity contribution >= 4 is 51.4 Å². The Kier molecular flexibility index (Phi) is 6.48. The van der Waals surface area contributed by atoms with Gasteiger partial charge in [-0.2, -0.15) is 0 Å². The summed E-state index contributed by atoms with van der Waals surface area (Å²) in [5, 5.41) is 0. The number of hydrogen-bond acceptors (Lipinski definition) is 1. The Hall–Kier alpha value is 1.60. The van der Waals surface area contributed by atoms with Gasteiger partial charge in [-0.15, -0.1) is 0 Å². The molecular weight excluding hydrogens is 151 g/mol. The Morgan fingerprint density at radius 2 is 0.900 bits per heavy atom. The summed E-state index contributed by atoms with van der Waals surface area (Å²) < 4.78 is 5.62. The van der Waals surface area contributed by atoms with E-state index in [0.29, 0.717) is 0 Å². The van der Waals surface area contributed by atoms with Gasteiger partial charge in [0, 0.05) is 51.4 Å². The Morgan fingerprint density at radius 3 is 0.900 bits per heavy atom. The van der Waals surface area contributed by atoms with Crippen molar-refractivity contribution in [3.05, 3.63) is 0 Å². The minimum atomic E-state index is -0.0156. The topological polar surface area (TPSA) is 9.23 Å². The number of hydrogen-bond donors (Lipinski definition) is 0. The average Bonchev–Trinajstić information content (AvgIpc) is 1.14. The molecule has 0 fully saturated rings. The molecule has 0 spiro atoms. The molecule has 0 aliphatic heterocycles. The minimum Gasteiger partial charge on any atom is -0.370 e. The van der Waals surface area contributed by atoms with Gasteiger partial charge in [-0.05, 0) is 41.5 Å². The van der Waals surface area contributed by atoms with Crippen LogP contribution in [0.5, 0.6) is 0 Å². The zero-order valence-electron chi connectivity index (χ0n) is 8.41. The summed E-state index contributed by atoms with van der Waals surface area (Å²) in [4.78, 5) is 0. The fraction of sp³-hybridized carbons (Fsp3) is 1.00. The van der Waals surface area contributed by atoms with Gasteiger partial charge in [-0.3, -0.25) is 0 Å². The minimum absolute atomic E-state index is 0. The summed E-state index contributed by atoms with van der Waals surface area (Å²) in [6, 6.07) is 0. The van der Waals surface area contributed by atoms with Gasteiger partial charge in [0.1, 0.15) is 0 Å². The molecule has 0 aromatic carbocycles. The van der Waals surface area contributed by atoms with Gasteiger partial charge < -0.3 is 4.74 Å². The maximum atomic E-state index is 5.62. The first kappa shape index (κ1) is 14.1. The molecule has 0 aromatic heterocycles. The largest absolute Gasteiger partial charge is 0.370 e. The maximum Gasteiger partial charge on any atom is 0.0605 e. The van der Waals surface area contributed by atoms with Gasteiger partial charge in [0.05, 0.1) is 11.2 Å². The zero-order chi connectivity index (χ0) is 7.71. The van der Waals surface area contributed by atoms with Crippen LogP contribution in [0.4, 0.5) is 0 Å². The third-order valence-corrected chi connectivity index (χ3v) is 0.612. The Balaban J connectivity index is 0. The molecule has 0 unspecified atom stereocenters. The van der Waals surface area contributed by atoms with Crippen LogP contribution in [-0.4, -0.2) is 62.6 Å². The van der Waals surface area contributed by atoms with Crippen molar-refractivity contribution in [2.24, 2.45) is 0 Å². The van der Waals surface area contributed by atoms with Crippen molar-refractivity contribution in [2.75, 3.05) is 0 Å². The van der Waals surface area contributed by atoms with E-state index in [1.165, 1.54) is 0 Å². The van der Waals surface area contributed by atoms with E-state index in [4.69, 9.17) is 4.74 Å². The van der Waals surface area contributed by atoms with Crippen molar-refractivity contribution in [3.8, 4) is 0 Å². The first-order chi connectivity index (χ1) is 3.71. The average molecular weight is 169 g/mol. The van der Waals surface area contributed by atoms with E-state index in [9.17, 15) is 0 Å². The zero-order valence-corrected chi connectivity index (χ0v) is 11.5. The molecular formula is C8H18KO. The van der Waals surface area contributed by atoms with E-state index >= 15 is 0 Å². The molecule has 0 saturated carbocycles. The molecule has 57 valence electrons. The summed E-state index contributed by atoms with van der Waals surface area (Å²) in [6.45, 7) is 12.4. The van der Waals surface area contributed by atoms with E-state index in [0.717, 1.165) is 0 Å². The van der Waals surface area contributed by atoms with Gasteiger partial charge in [0.15, 0.2) is 0 Å². The summed E-state index contributed by atoms with van der Waals surface area (Å²) in [6.07, 6.45) is 0. The van der Waals surface area contributed by atoms with E-state index in [-0.39, 0.29) is 62.6 Å². The van der Waals surface area contributed by atoms with Gasteiger partial charge in [-0.25, -0.2) is 0 Å². The molecule has 2 heteroatoms. The number of rotatable bonds is 0. The van der Waals surface area contributed by atoms with Crippen molar-refractivity contribution < 1.29 is 4.74 Å². The second-order valence-corrected chi connectivity index (χ2v) is 4.33. The van der Waals surface area contributed by atoms with Crippen LogP contribution < -0.4 is 0 Å². The smallest absolute Gasteiger partial charge is 0.0605 e. The molecule has 0 heterocycles. The van der Waals surface area contributed by atoms with Crippen LogP contribution in [-0.2, 0) is 4.74 Å². The Morgan fingerprint density at radius 1 is 0.700 bits per heavy atom. The summed E-state index contributed by atoms with van der Waals surface area (Å²) >= 11 is 0.